The van der Waals surface area contributed by atoms with Crippen LogP contribution in [0.25, 0.3) is 6.08 Å². The number of carbonyl (C=O) groups excluding carboxylic acids is 1. The number of benzene rings is 1. The molecule has 0 bridgehead atoms. The zero-order valence-corrected chi connectivity index (χ0v) is 11.0. The van der Waals surface area contributed by atoms with E-state index in [1.807, 2.05) is 0 Å². The first-order valence-corrected chi connectivity index (χ1v) is 5.65. The van der Waals surface area contributed by atoms with E-state index in [1.54, 1.807) is 32.0 Å². The van der Waals surface area contributed by atoms with Gasteiger partial charge in [0.2, 0.25) is 6.20 Å². The summed E-state index contributed by atoms with van der Waals surface area (Å²) >= 11 is 0. The zero-order chi connectivity index (χ0) is 14.4. The third-order valence-corrected chi connectivity index (χ3v) is 2.26. The molecular weight excluding hydrogens is 250 g/mol. The van der Waals surface area contributed by atoms with Gasteiger partial charge in [0.15, 0.2) is 11.5 Å². The summed E-state index contributed by atoms with van der Waals surface area (Å²) in [5.41, 5.74) is 0.581. The molecule has 0 saturated heterocycles. The smallest absolute Gasteiger partial charge is 0.313 e. The number of hydrogen-bond acceptors (Lipinski definition) is 5. The Morgan fingerprint density at radius 2 is 2.05 bits per heavy atom. The minimum Gasteiger partial charge on any atom is -0.493 e. The molecular formula is C13H15NO5. The fourth-order valence-corrected chi connectivity index (χ4v) is 1.25. The van der Waals surface area contributed by atoms with Crippen LogP contribution >= 0.6 is 0 Å². The number of nitrogens with zero attached hydrogens (tertiary/aromatic N) is 1. The van der Waals surface area contributed by atoms with Gasteiger partial charge in [-0.1, -0.05) is 19.9 Å². The van der Waals surface area contributed by atoms with Crippen LogP contribution in [0.3, 0.4) is 0 Å². The van der Waals surface area contributed by atoms with Crippen molar-refractivity contribution >= 4 is 12.0 Å². The maximum absolute atomic E-state index is 11.5. The van der Waals surface area contributed by atoms with Gasteiger partial charge in [0.1, 0.15) is 0 Å². The molecule has 0 aromatic heterocycles. The van der Waals surface area contributed by atoms with Crippen molar-refractivity contribution in [3.05, 3.63) is 40.1 Å². The van der Waals surface area contributed by atoms with Gasteiger partial charge in [-0.2, -0.15) is 0 Å². The Morgan fingerprint density at radius 1 is 1.37 bits per heavy atom. The summed E-state index contributed by atoms with van der Waals surface area (Å²) in [4.78, 5) is 21.2. The van der Waals surface area contributed by atoms with Crippen LogP contribution in [0, 0.1) is 16.0 Å². The van der Waals surface area contributed by atoms with E-state index in [-0.39, 0.29) is 11.9 Å². The minimum atomic E-state index is -0.556. The summed E-state index contributed by atoms with van der Waals surface area (Å²) in [6.07, 6.45) is 2.16. The average molecular weight is 265 g/mol. The fourth-order valence-electron chi connectivity index (χ4n) is 1.25. The van der Waals surface area contributed by atoms with Crippen LogP contribution < -0.4 is 9.47 Å². The molecule has 1 aromatic rings. The van der Waals surface area contributed by atoms with E-state index in [9.17, 15) is 14.9 Å². The monoisotopic (exact) mass is 265 g/mol. The first kappa shape index (κ1) is 14.7. The molecule has 0 amide bonds. The van der Waals surface area contributed by atoms with Crippen LogP contribution in [0.4, 0.5) is 0 Å². The Bertz CT molecular complexity index is 508. The molecule has 6 nitrogen and oxygen atoms in total. The summed E-state index contributed by atoms with van der Waals surface area (Å²) < 4.78 is 10.2. The Morgan fingerprint density at radius 3 is 2.58 bits per heavy atom. The van der Waals surface area contributed by atoms with Crippen molar-refractivity contribution in [3.8, 4) is 11.5 Å². The van der Waals surface area contributed by atoms with E-state index in [0.717, 1.165) is 6.20 Å². The molecule has 0 unspecified atom stereocenters. The van der Waals surface area contributed by atoms with Crippen LogP contribution in [0.2, 0.25) is 0 Å². The van der Waals surface area contributed by atoms with Crippen molar-refractivity contribution in [2.75, 3.05) is 7.11 Å². The quantitative estimate of drug-likeness (QED) is 0.354. The normalized spacial score (nSPS) is 10.7. The lowest BCUT2D eigenvalue weighted by Gasteiger charge is -2.11. The van der Waals surface area contributed by atoms with E-state index < -0.39 is 4.92 Å². The maximum Gasteiger partial charge on any atom is 0.313 e. The van der Waals surface area contributed by atoms with Gasteiger partial charge in [-0.15, -0.1) is 0 Å². The van der Waals surface area contributed by atoms with E-state index in [0.29, 0.717) is 17.1 Å². The van der Waals surface area contributed by atoms with Gasteiger partial charge in [0, 0.05) is 6.08 Å². The fraction of sp³-hybridized carbons (Fsp3) is 0.308. The van der Waals surface area contributed by atoms with Crippen molar-refractivity contribution in [2.45, 2.75) is 13.8 Å². The van der Waals surface area contributed by atoms with Crippen molar-refractivity contribution < 1.29 is 19.2 Å². The number of methoxy groups -OCH3 is 1. The second-order valence-electron chi connectivity index (χ2n) is 4.09. The third kappa shape index (κ3) is 4.42. The van der Waals surface area contributed by atoms with Gasteiger partial charge < -0.3 is 9.47 Å². The van der Waals surface area contributed by atoms with Gasteiger partial charge in [-0.25, -0.2) is 0 Å². The molecule has 0 N–H and O–H groups in total. The van der Waals surface area contributed by atoms with Crippen LogP contribution in [-0.4, -0.2) is 18.0 Å². The van der Waals surface area contributed by atoms with Gasteiger partial charge in [-0.3, -0.25) is 14.9 Å². The lowest BCUT2D eigenvalue weighted by Crippen LogP contribution is -2.15. The Balaban J connectivity index is 2.96. The molecule has 0 radical (unpaired) electrons. The lowest BCUT2D eigenvalue weighted by atomic mass is 10.2. The van der Waals surface area contributed by atoms with Crippen molar-refractivity contribution in [3.63, 3.8) is 0 Å². The number of carbonyl (C=O) groups is 1. The molecule has 0 aliphatic carbocycles. The lowest BCUT2D eigenvalue weighted by molar-refractivity contribution is -0.400. The summed E-state index contributed by atoms with van der Waals surface area (Å²) in [5, 5.41) is 10.2. The highest BCUT2D eigenvalue weighted by atomic mass is 16.6. The number of esters is 1. The second-order valence-corrected chi connectivity index (χ2v) is 4.09. The largest absolute Gasteiger partial charge is 0.493 e. The summed E-state index contributed by atoms with van der Waals surface area (Å²) in [6.45, 7) is 3.45. The molecule has 1 aromatic carbocycles. The molecule has 0 atom stereocenters. The minimum absolute atomic E-state index is 0.251. The second kappa shape index (κ2) is 6.53. The van der Waals surface area contributed by atoms with E-state index >= 15 is 0 Å². The summed E-state index contributed by atoms with van der Waals surface area (Å²) in [6, 6.07) is 4.70. The van der Waals surface area contributed by atoms with Crippen molar-refractivity contribution in [1.29, 1.82) is 0 Å². The number of nitro groups is 1. The number of ether oxygens (including phenoxy) is 2. The van der Waals surface area contributed by atoms with Crippen molar-refractivity contribution in [1.82, 2.24) is 0 Å². The molecule has 0 spiro atoms. The molecule has 102 valence electrons. The predicted octanol–water partition coefficient (Wildman–Crippen LogP) is 2.50. The first-order chi connectivity index (χ1) is 8.93. The van der Waals surface area contributed by atoms with Gasteiger partial charge in [0.05, 0.1) is 18.0 Å². The molecule has 19 heavy (non-hydrogen) atoms. The average Bonchev–Trinajstić information content (AvgIpc) is 2.37. The Kier molecular flexibility index (Phi) is 5.05. The van der Waals surface area contributed by atoms with Crippen LogP contribution in [0.1, 0.15) is 19.4 Å². The highest BCUT2D eigenvalue weighted by Gasteiger charge is 2.13. The molecule has 0 heterocycles. The molecule has 0 aliphatic rings. The molecule has 6 heteroatoms. The summed E-state index contributed by atoms with van der Waals surface area (Å²) in [7, 11) is 1.43. The third-order valence-electron chi connectivity index (χ3n) is 2.26. The molecule has 0 fully saturated rings. The van der Waals surface area contributed by atoms with Gasteiger partial charge in [-0.05, 0) is 17.7 Å². The molecule has 0 saturated carbocycles. The maximum atomic E-state index is 11.5. The first-order valence-electron chi connectivity index (χ1n) is 5.65. The standard InChI is InChI=1S/C13H15NO5/c1-9(2)13(15)19-11-5-4-10(6-7-14(16)17)8-12(11)18-3/h4-9H,1-3H3. The molecule has 1 rings (SSSR count). The SMILES string of the molecule is COc1cc(C=C[N+](=O)[O-])ccc1OC(=O)C(C)C. The van der Waals surface area contributed by atoms with E-state index in [2.05, 4.69) is 0 Å². The predicted molar refractivity (Wildman–Crippen MR) is 69.5 cm³/mol. The molecule has 0 aliphatic heterocycles. The van der Waals surface area contributed by atoms with Gasteiger partial charge in [0.25, 0.3) is 0 Å². The number of rotatable bonds is 5. The zero-order valence-electron chi connectivity index (χ0n) is 11.0. The summed E-state index contributed by atoms with van der Waals surface area (Å²) in [5.74, 6) is 0.0181. The van der Waals surface area contributed by atoms with Crippen molar-refractivity contribution in [2.24, 2.45) is 5.92 Å². The van der Waals surface area contributed by atoms with Gasteiger partial charge >= 0.3 is 5.97 Å². The van der Waals surface area contributed by atoms with Crippen LogP contribution in [-0.2, 0) is 4.79 Å². The highest BCUT2D eigenvalue weighted by Crippen LogP contribution is 2.29. The highest BCUT2D eigenvalue weighted by molar-refractivity contribution is 5.75. The number of hydrogen-bond donors (Lipinski definition) is 0. The Labute approximate surface area is 110 Å². The van der Waals surface area contributed by atoms with Crippen LogP contribution in [0.15, 0.2) is 24.4 Å². The topological polar surface area (TPSA) is 78.7 Å². The van der Waals surface area contributed by atoms with E-state index in [4.69, 9.17) is 9.47 Å². The van der Waals surface area contributed by atoms with E-state index in [1.165, 1.54) is 13.2 Å². The van der Waals surface area contributed by atoms with Crippen LogP contribution in [0.5, 0.6) is 11.5 Å². The Hall–Kier alpha value is -2.37.